The Morgan fingerprint density at radius 1 is 1.04 bits per heavy atom. The van der Waals surface area contributed by atoms with Crippen LogP contribution < -0.4 is 11.1 Å². The lowest BCUT2D eigenvalue weighted by Crippen LogP contribution is -2.71. The number of benzene rings is 2. The molecule has 6 rings (SSSR count). The molecule has 15 nitrogen and oxygen atoms in total. The Labute approximate surface area is 287 Å². The van der Waals surface area contributed by atoms with Crippen molar-refractivity contribution in [2.45, 2.75) is 22.4 Å². The number of oxime groups is 1. The van der Waals surface area contributed by atoms with Gasteiger partial charge in [-0.05, 0) is 41.5 Å². The van der Waals surface area contributed by atoms with Crippen molar-refractivity contribution in [2.24, 2.45) is 5.16 Å². The second kappa shape index (κ2) is 13.6. The molecule has 2 aromatic carbocycles. The highest BCUT2D eigenvalue weighted by Crippen LogP contribution is 2.42. The number of thioether (sulfide) groups is 2. The Morgan fingerprint density at radius 2 is 1.79 bits per heavy atom. The van der Waals surface area contributed by atoms with Gasteiger partial charge in [-0.25, -0.2) is 14.8 Å². The number of carbonyl (C=O) groups excluding carboxylic acids is 2. The molecule has 2 aliphatic heterocycles. The molecular weight excluding hydrogens is 705 g/mol. The highest BCUT2D eigenvalue weighted by molar-refractivity contribution is 8.01. The van der Waals surface area contributed by atoms with Crippen LogP contribution in [0.2, 0.25) is 0 Å². The van der Waals surface area contributed by atoms with E-state index in [-0.39, 0.29) is 63.3 Å². The van der Waals surface area contributed by atoms with E-state index in [4.69, 9.17) is 10.6 Å². The highest BCUT2D eigenvalue weighted by atomic mass is 32.2. The molecule has 2 aliphatic rings. The first kappa shape index (κ1) is 32.9. The maximum atomic E-state index is 13.4. The van der Waals surface area contributed by atoms with Gasteiger partial charge in [0.25, 0.3) is 11.8 Å². The van der Waals surface area contributed by atoms with Crippen LogP contribution in [0.4, 0.5) is 5.13 Å². The fourth-order valence-electron chi connectivity index (χ4n) is 4.72. The van der Waals surface area contributed by atoms with Gasteiger partial charge in [-0.2, -0.15) is 0 Å². The largest absolute Gasteiger partial charge is 0.504 e. The lowest BCUT2D eigenvalue weighted by Gasteiger charge is -2.49. The van der Waals surface area contributed by atoms with E-state index in [0.29, 0.717) is 26.7 Å². The van der Waals surface area contributed by atoms with Gasteiger partial charge < -0.3 is 41.4 Å². The lowest BCUT2D eigenvalue weighted by molar-refractivity contribution is -0.150. The molecule has 0 unspecified atom stereocenters. The molecule has 0 saturated carbocycles. The van der Waals surface area contributed by atoms with Crippen molar-refractivity contribution in [3.63, 3.8) is 0 Å². The molecule has 0 bridgehead atoms. The van der Waals surface area contributed by atoms with E-state index in [0.717, 1.165) is 16.2 Å². The maximum absolute atomic E-state index is 13.4. The molecular formula is C29H24N6O9S4. The van der Waals surface area contributed by atoms with E-state index in [1.165, 1.54) is 70.6 Å². The third-order valence-electron chi connectivity index (χ3n) is 7.07. The van der Waals surface area contributed by atoms with Crippen LogP contribution in [0.15, 0.2) is 67.9 Å². The smallest absolute Gasteiger partial charge is 0.352 e. The van der Waals surface area contributed by atoms with Crippen molar-refractivity contribution < 1.29 is 44.8 Å². The summed E-state index contributed by atoms with van der Waals surface area (Å²) in [5, 5.41) is 58.0. The van der Waals surface area contributed by atoms with Crippen LogP contribution in [0.25, 0.3) is 11.3 Å². The highest BCUT2D eigenvalue weighted by Gasteiger charge is 2.54. The number of anilines is 1. The zero-order valence-corrected chi connectivity index (χ0v) is 27.5. The van der Waals surface area contributed by atoms with Crippen LogP contribution in [-0.4, -0.2) is 86.8 Å². The number of aromatic hydroxyl groups is 4. The number of nitrogen functional groups attached to an aromatic ring is 1. The zero-order valence-electron chi connectivity index (χ0n) is 24.3. The first-order valence-corrected chi connectivity index (χ1v) is 17.5. The van der Waals surface area contributed by atoms with Gasteiger partial charge in [-0.3, -0.25) is 14.5 Å². The van der Waals surface area contributed by atoms with Crippen LogP contribution in [0.3, 0.4) is 0 Å². The number of carboxylic acid groups (broad SMARTS) is 1. The Kier molecular flexibility index (Phi) is 9.35. The third-order valence-corrected chi connectivity index (χ3v) is 11.2. The summed E-state index contributed by atoms with van der Waals surface area (Å²) in [6.45, 7) is -0.172. The van der Waals surface area contributed by atoms with Crippen molar-refractivity contribution in [1.29, 1.82) is 0 Å². The van der Waals surface area contributed by atoms with E-state index in [1.807, 2.05) is 0 Å². The van der Waals surface area contributed by atoms with E-state index in [2.05, 4.69) is 20.4 Å². The van der Waals surface area contributed by atoms with Gasteiger partial charge in [-0.15, -0.1) is 34.4 Å². The Balaban J connectivity index is 1.13. The van der Waals surface area contributed by atoms with Crippen molar-refractivity contribution in [2.75, 3.05) is 17.2 Å². The maximum Gasteiger partial charge on any atom is 0.352 e. The average molecular weight is 729 g/mol. The molecule has 4 heterocycles. The van der Waals surface area contributed by atoms with E-state index in [9.17, 15) is 39.9 Å². The molecule has 2 atom stereocenters. The number of phenolic OH excluding ortho intramolecular Hbond substituents is 4. The number of thiazole rings is 2. The van der Waals surface area contributed by atoms with Crippen LogP contribution in [0, 0.1) is 0 Å². The Bertz CT molecular complexity index is 1990. The summed E-state index contributed by atoms with van der Waals surface area (Å²) < 4.78 is 0.640. The Hall–Kier alpha value is -4.98. The normalized spacial score (nSPS) is 17.5. The fraction of sp³-hybridized carbons (Fsp3) is 0.172. The molecule has 1 fully saturated rings. The molecule has 2 aromatic heterocycles. The van der Waals surface area contributed by atoms with Gasteiger partial charge in [0, 0.05) is 27.8 Å². The minimum atomic E-state index is -1.28. The van der Waals surface area contributed by atoms with Gasteiger partial charge >= 0.3 is 5.97 Å². The van der Waals surface area contributed by atoms with Crippen molar-refractivity contribution in [3.05, 3.63) is 69.7 Å². The van der Waals surface area contributed by atoms with Gasteiger partial charge in [0.1, 0.15) is 29.4 Å². The monoisotopic (exact) mass is 728 g/mol. The van der Waals surface area contributed by atoms with Gasteiger partial charge in [0.05, 0.1) is 5.69 Å². The molecule has 8 N–H and O–H groups in total. The number of nitrogens with zero attached hydrogens (tertiary/aromatic N) is 4. The predicted molar refractivity (Wildman–Crippen MR) is 179 cm³/mol. The molecule has 0 radical (unpaired) electrons. The van der Waals surface area contributed by atoms with Crippen LogP contribution in [0.5, 0.6) is 23.0 Å². The molecule has 0 spiro atoms. The molecule has 4 aromatic rings. The average Bonchev–Trinajstić information content (AvgIpc) is 3.72. The van der Waals surface area contributed by atoms with Crippen molar-refractivity contribution in [1.82, 2.24) is 20.2 Å². The summed E-state index contributed by atoms with van der Waals surface area (Å²) in [6.07, 6.45) is 0. The van der Waals surface area contributed by atoms with Crippen LogP contribution in [-0.2, 0) is 25.8 Å². The fourth-order valence-corrected chi connectivity index (χ4v) is 8.59. The van der Waals surface area contributed by atoms with Gasteiger partial charge in [0.15, 0.2) is 38.2 Å². The molecule has 0 aliphatic carbocycles. The second-order valence-electron chi connectivity index (χ2n) is 10.2. The quantitative estimate of drug-likeness (QED) is 0.0386. The molecule has 2 amide bonds. The number of β-lactam (4-membered cyclic amide) rings is 1. The zero-order chi connectivity index (χ0) is 34.1. The summed E-state index contributed by atoms with van der Waals surface area (Å²) in [6, 6.07) is 7.35. The minimum absolute atomic E-state index is 0.0986. The molecule has 48 heavy (non-hydrogen) atoms. The number of hydrogen-bond donors (Lipinski definition) is 7. The second-order valence-corrected chi connectivity index (χ2v) is 14.3. The number of rotatable bonds is 11. The summed E-state index contributed by atoms with van der Waals surface area (Å²) in [7, 11) is 0. The first-order chi connectivity index (χ1) is 23.0. The van der Waals surface area contributed by atoms with Gasteiger partial charge in [-0.1, -0.05) is 23.0 Å². The number of nitrogens with two attached hydrogens (primary N) is 1. The predicted octanol–water partition coefficient (Wildman–Crippen LogP) is 3.12. The minimum Gasteiger partial charge on any atom is -0.504 e. The number of carboxylic acids is 1. The summed E-state index contributed by atoms with van der Waals surface area (Å²) in [5.74, 6) is -3.34. The number of carbonyl (C=O) groups is 3. The van der Waals surface area contributed by atoms with Crippen LogP contribution in [0.1, 0.15) is 11.3 Å². The molecule has 1 saturated heterocycles. The summed E-state index contributed by atoms with van der Waals surface area (Å²) >= 11 is 5.00. The van der Waals surface area contributed by atoms with Crippen molar-refractivity contribution >= 4 is 74.8 Å². The molecule has 248 valence electrons. The Morgan fingerprint density at radius 3 is 2.48 bits per heavy atom. The number of hydrogen-bond acceptors (Lipinski definition) is 16. The molecule has 19 heteroatoms. The number of fused-ring (bicyclic) bond motifs is 1. The standard InChI is InChI=1S/C29H24N6O9S4/c30-28-31-16(11-46-28)21(34-44-7-12-1-3-17(36)19(38)5-12)24(40)33-22-25(41)35-23(27(42)43)14(8-45-26(22)35)9-47-29-32-15(10-48-29)13-2-4-18(37)20(39)6-13/h1-6,10-11,22,26,36-39H,7-9H2,(H2,30,31)(H,33,40)(H,42,43)/t22-,26-/m1/s1. The van der Waals surface area contributed by atoms with Gasteiger partial charge in [0.2, 0.25) is 0 Å². The first-order valence-electron chi connectivity index (χ1n) is 13.7. The van der Waals surface area contributed by atoms with E-state index < -0.39 is 29.2 Å². The number of amides is 2. The lowest BCUT2D eigenvalue weighted by atomic mass is 10.0. The van der Waals surface area contributed by atoms with E-state index >= 15 is 0 Å². The number of aliphatic carboxylic acids is 1. The van der Waals surface area contributed by atoms with Crippen LogP contribution >= 0.6 is 46.2 Å². The third kappa shape index (κ3) is 6.70. The van der Waals surface area contributed by atoms with E-state index in [1.54, 1.807) is 11.4 Å². The number of aromatic nitrogens is 2. The topological polar surface area (TPSA) is 241 Å². The number of nitrogens with one attached hydrogen (secondary N) is 1. The SMILES string of the molecule is Nc1nc(C(=NOCc2ccc(O)c(O)c2)C(=O)N[C@@H]2C(=O)N3C(C(=O)O)=C(CSc4nc(-c5ccc(O)c(O)c5)cs4)CS[C@H]23)cs1. The summed E-state index contributed by atoms with van der Waals surface area (Å²) in [5.41, 5.74) is 7.57. The number of phenols is 4. The van der Waals surface area contributed by atoms with Crippen molar-refractivity contribution in [3.8, 4) is 34.3 Å². The summed E-state index contributed by atoms with van der Waals surface area (Å²) in [4.78, 5) is 54.2.